The van der Waals surface area contributed by atoms with Crippen molar-refractivity contribution in [2.75, 3.05) is 0 Å². The van der Waals surface area contributed by atoms with E-state index in [-0.39, 0.29) is 0 Å². The highest BCUT2D eigenvalue weighted by atomic mass is 35.5. The molecule has 2 aromatic carbocycles. The topological polar surface area (TPSA) is 46.5 Å². The van der Waals surface area contributed by atoms with Crippen molar-refractivity contribution >= 4 is 23.6 Å². The van der Waals surface area contributed by atoms with Crippen LogP contribution in [-0.4, -0.2) is 11.1 Å². The van der Waals surface area contributed by atoms with E-state index in [9.17, 15) is 4.79 Å². The van der Waals surface area contributed by atoms with Crippen molar-refractivity contribution in [3.63, 3.8) is 0 Å². The van der Waals surface area contributed by atoms with E-state index in [0.29, 0.717) is 16.5 Å². The molecule has 0 spiro atoms. The molecule has 0 fully saturated rings. The Bertz CT molecular complexity index is 603. The number of ether oxygens (including phenoxy) is 1. The van der Waals surface area contributed by atoms with E-state index in [1.165, 1.54) is 6.08 Å². The lowest BCUT2D eigenvalue weighted by atomic mass is 10.2. The van der Waals surface area contributed by atoms with E-state index in [1.807, 2.05) is 12.1 Å². The van der Waals surface area contributed by atoms with Crippen LogP contribution in [0.15, 0.2) is 54.6 Å². The number of para-hydroxylation sites is 1. The number of carboxylic acid groups (broad SMARTS) is 1. The molecule has 0 heterocycles. The van der Waals surface area contributed by atoms with E-state index < -0.39 is 5.97 Å². The first-order chi connectivity index (χ1) is 9.15. The molecule has 2 rings (SSSR count). The van der Waals surface area contributed by atoms with Crippen LogP contribution < -0.4 is 4.74 Å². The van der Waals surface area contributed by atoms with Gasteiger partial charge < -0.3 is 9.84 Å². The fourth-order valence-electron chi connectivity index (χ4n) is 1.47. The maximum Gasteiger partial charge on any atom is 0.328 e. The van der Waals surface area contributed by atoms with Crippen LogP contribution in [0.4, 0.5) is 0 Å². The molecule has 0 unspecified atom stereocenters. The number of carboxylic acids is 1. The summed E-state index contributed by atoms with van der Waals surface area (Å²) in [7, 11) is 0. The second-order valence-electron chi connectivity index (χ2n) is 3.77. The largest absolute Gasteiger partial charge is 0.478 e. The van der Waals surface area contributed by atoms with Crippen molar-refractivity contribution in [2.45, 2.75) is 0 Å². The van der Waals surface area contributed by atoms with Crippen molar-refractivity contribution in [3.05, 3.63) is 65.2 Å². The van der Waals surface area contributed by atoms with Gasteiger partial charge in [-0.1, -0.05) is 35.9 Å². The molecular weight excluding hydrogens is 264 g/mol. The molecule has 0 amide bonds. The van der Waals surface area contributed by atoms with Gasteiger partial charge in [0.1, 0.15) is 11.5 Å². The van der Waals surface area contributed by atoms with Crippen LogP contribution >= 0.6 is 11.6 Å². The molecule has 0 saturated carbocycles. The number of hydrogen-bond donors (Lipinski definition) is 1. The van der Waals surface area contributed by atoms with Crippen LogP contribution in [-0.2, 0) is 4.79 Å². The lowest BCUT2D eigenvalue weighted by Crippen LogP contribution is -1.86. The number of hydrogen-bond acceptors (Lipinski definition) is 2. The van der Waals surface area contributed by atoms with Gasteiger partial charge in [-0.25, -0.2) is 4.79 Å². The normalized spacial score (nSPS) is 10.6. The standard InChI is InChI=1S/C15H11ClO3/c16-13-3-1-2-4-14(13)19-12-8-5-11(6-9-12)7-10-15(17)18/h1-10H,(H,17,18)/b10-7+. The average molecular weight is 275 g/mol. The van der Waals surface area contributed by atoms with Crippen molar-refractivity contribution in [1.82, 2.24) is 0 Å². The number of carbonyl (C=O) groups is 1. The minimum atomic E-state index is -0.976. The highest BCUT2D eigenvalue weighted by molar-refractivity contribution is 6.32. The van der Waals surface area contributed by atoms with Gasteiger partial charge in [-0.2, -0.15) is 0 Å². The highest BCUT2D eigenvalue weighted by Gasteiger charge is 2.01. The predicted octanol–water partition coefficient (Wildman–Crippen LogP) is 4.23. The van der Waals surface area contributed by atoms with E-state index >= 15 is 0 Å². The van der Waals surface area contributed by atoms with Gasteiger partial charge in [0.2, 0.25) is 0 Å². The predicted molar refractivity (Wildman–Crippen MR) is 74.6 cm³/mol. The highest BCUT2D eigenvalue weighted by Crippen LogP contribution is 2.28. The molecule has 2 aromatic rings. The number of halogens is 1. The second-order valence-corrected chi connectivity index (χ2v) is 4.18. The van der Waals surface area contributed by atoms with E-state index in [4.69, 9.17) is 21.4 Å². The Balaban J connectivity index is 2.11. The Kier molecular flexibility index (Phi) is 4.21. The van der Waals surface area contributed by atoms with E-state index in [0.717, 1.165) is 11.6 Å². The van der Waals surface area contributed by atoms with Crippen LogP contribution in [0.5, 0.6) is 11.5 Å². The van der Waals surface area contributed by atoms with E-state index in [1.54, 1.807) is 36.4 Å². The Morgan fingerprint density at radius 2 is 1.79 bits per heavy atom. The average Bonchev–Trinajstić information content (AvgIpc) is 2.40. The summed E-state index contributed by atoms with van der Waals surface area (Å²) >= 11 is 5.99. The molecule has 3 nitrogen and oxygen atoms in total. The first kappa shape index (κ1) is 13.2. The van der Waals surface area contributed by atoms with Crippen LogP contribution in [0.3, 0.4) is 0 Å². The van der Waals surface area contributed by atoms with Gasteiger partial charge in [0.25, 0.3) is 0 Å². The minimum absolute atomic E-state index is 0.539. The summed E-state index contributed by atoms with van der Waals surface area (Å²) in [5.41, 5.74) is 0.786. The Morgan fingerprint density at radius 3 is 2.42 bits per heavy atom. The molecule has 0 radical (unpaired) electrons. The van der Waals surface area contributed by atoms with Gasteiger partial charge in [0.05, 0.1) is 5.02 Å². The van der Waals surface area contributed by atoms with E-state index in [2.05, 4.69) is 0 Å². The van der Waals surface area contributed by atoms with Gasteiger partial charge in [0, 0.05) is 6.08 Å². The van der Waals surface area contributed by atoms with Crippen LogP contribution in [0.2, 0.25) is 5.02 Å². The molecule has 0 bridgehead atoms. The SMILES string of the molecule is O=C(O)/C=C/c1ccc(Oc2ccccc2Cl)cc1. The monoisotopic (exact) mass is 274 g/mol. The molecule has 0 aliphatic rings. The van der Waals surface area contributed by atoms with Gasteiger partial charge >= 0.3 is 5.97 Å². The number of benzene rings is 2. The van der Waals surface area contributed by atoms with Crippen LogP contribution in [0.1, 0.15) is 5.56 Å². The molecule has 0 aliphatic heterocycles. The summed E-state index contributed by atoms with van der Waals surface area (Å²) < 4.78 is 5.62. The van der Waals surface area contributed by atoms with Crippen molar-refractivity contribution in [2.24, 2.45) is 0 Å². The third kappa shape index (κ3) is 3.86. The summed E-state index contributed by atoms with van der Waals surface area (Å²) in [4.78, 5) is 10.4. The zero-order chi connectivity index (χ0) is 13.7. The lowest BCUT2D eigenvalue weighted by Gasteiger charge is -2.07. The molecule has 4 heteroatoms. The van der Waals surface area contributed by atoms with Gasteiger partial charge in [-0.05, 0) is 35.9 Å². The van der Waals surface area contributed by atoms with Gasteiger partial charge in [-0.3, -0.25) is 0 Å². The smallest absolute Gasteiger partial charge is 0.328 e. The van der Waals surface area contributed by atoms with Gasteiger partial charge in [-0.15, -0.1) is 0 Å². The molecule has 19 heavy (non-hydrogen) atoms. The zero-order valence-electron chi connectivity index (χ0n) is 9.92. The maximum atomic E-state index is 10.4. The Morgan fingerprint density at radius 1 is 1.11 bits per heavy atom. The summed E-state index contributed by atoms with van der Waals surface area (Å²) in [5, 5.41) is 9.07. The number of aliphatic carboxylic acids is 1. The summed E-state index contributed by atoms with van der Waals surface area (Å²) in [6, 6.07) is 14.2. The fourth-order valence-corrected chi connectivity index (χ4v) is 1.64. The first-order valence-electron chi connectivity index (χ1n) is 5.58. The maximum absolute atomic E-state index is 10.4. The number of rotatable bonds is 4. The molecule has 0 aromatic heterocycles. The Labute approximate surface area is 115 Å². The van der Waals surface area contributed by atoms with Crippen molar-refractivity contribution in [3.8, 4) is 11.5 Å². The molecule has 0 aliphatic carbocycles. The lowest BCUT2D eigenvalue weighted by molar-refractivity contribution is -0.131. The first-order valence-corrected chi connectivity index (χ1v) is 5.96. The van der Waals surface area contributed by atoms with Crippen molar-refractivity contribution in [1.29, 1.82) is 0 Å². The van der Waals surface area contributed by atoms with Gasteiger partial charge in [0.15, 0.2) is 0 Å². The Hall–Kier alpha value is -2.26. The minimum Gasteiger partial charge on any atom is -0.478 e. The van der Waals surface area contributed by atoms with Crippen molar-refractivity contribution < 1.29 is 14.6 Å². The molecule has 96 valence electrons. The van der Waals surface area contributed by atoms with Crippen LogP contribution in [0.25, 0.3) is 6.08 Å². The molecular formula is C15H11ClO3. The third-order valence-electron chi connectivity index (χ3n) is 2.36. The quantitative estimate of drug-likeness (QED) is 0.849. The molecule has 0 atom stereocenters. The summed E-state index contributed by atoms with van der Waals surface area (Å²) in [6.07, 6.45) is 2.60. The fraction of sp³-hybridized carbons (Fsp3) is 0. The molecule has 0 saturated heterocycles. The molecule has 1 N–H and O–H groups in total. The summed E-state index contributed by atoms with van der Waals surface area (Å²) in [6.45, 7) is 0. The third-order valence-corrected chi connectivity index (χ3v) is 2.68. The second kappa shape index (κ2) is 6.07. The zero-order valence-corrected chi connectivity index (χ0v) is 10.7. The van der Waals surface area contributed by atoms with Crippen LogP contribution in [0, 0.1) is 0 Å². The summed E-state index contributed by atoms with van der Waals surface area (Å²) in [5.74, 6) is 0.245.